The summed E-state index contributed by atoms with van der Waals surface area (Å²) in [5.41, 5.74) is 0.993. The van der Waals surface area contributed by atoms with Gasteiger partial charge in [0.15, 0.2) is 0 Å². The van der Waals surface area contributed by atoms with Gasteiger partial charge in [-0.05, 0) is 25.0 Å². The minimum Gasteiger partial charge on any atom is -0.379 e. The van der Waals surface area contributed by atoms with Gasteiger partial charge in [0, 0.05) is 19.0 Å². The number of anilines is 1. The first-order valence-corrected chi connectivity index (χ1v) is 7.05. The maximum Gasteiger partial charge on any atom is 0.294 e. The van der Waals surface area contributed by atoms with Crippen LogP contribution in [0, 0.1) is 10.1 Å². The van der Waals surface area contributed by atoms with Crippen LogP contribution in [0.3, 0.4) is 0 Å². The fourth-order valence-corrected chi connectivity index (χ4v) is 2.05. The largest absolute Gasteiger partial charge is 0.379 e. The average molecular weight is 303 g/mol. The van der Waals surface area contributed by atoms with E-state index in [1.54, 1.807) is 12.1 Å². The van der Waals surface area contributed by atoms with Gasteiger partial charge < -0.3 is 10.1 Å². The van der Waals surface area contributed by atoms with E-state index in [9.17, 15) is 14.9 Å². The van der Waals surface area contributed by atoms with Crippen LogP contribution >= 0.6 is 0 Å². The number of nitrogens with zero attached hydrogens (tertiary/aromatic N) is 4. The maximum atomic E-state index is 11.2. The van der Waals surface area contributed by atoms with Gasteiger partial charge in [-0.25, -0.2) is 0 Å². The van der Waals surface area contributed by atoms with Gasteiger partial charge in [0.1, 0.15) is 12.0 Å². The Morgan fingerprint density at radius 3 is 2.68 bits per heavy atom. The predicted octanol–water partition coefficient (Wildman–Crippen LogP) is 2.35. The van der Waals surface area contributed by atoms with E-state index in [1.165, 1.54) is 23.3 Å². The van der Waals surface area contributed by atoms with Crippen LogP contribution in [0.15, 0.2) is 30.6 Å². The van der Waals surface area contributed by atoms with E-state index in [-0.39, 0.29) is 5.69 Å². The molecule has 1 heterocycles. The third-order valence-electron chi connectivity index (χ3n) is 3.14. The molecule has 1 N–H and O–H groups in total. The fourth-order valence-electron chi connectivity index (χ4n) is 2.05. The highest BCUT2D eigenvalue weighted by Gasteiger charge is 2.15. The van der Waals surface area contributed by atoms with Crippen molar-refractivity contribution in [2.75, 3.05) is 11.9 Å². The summed E-state index contributed by atoms with van der Waals surface area (Å²) in [6, 6.07) is 4.82. The van der Waals surface area contributed by atoms with E-state index in [0.717, 1.165) is 25.5 Å². The molecule has 0 spiro atoms. The molecule has 0 fully saturated rings. The van der Waals surface area contributed by atoms with E-state index < -0.39 is 4.92 Å². The van der Waals surface area contributed by atoms with Crippen molar-refractivity contribution < 1.29 is 9.72 Å². The second kappa shape index (κ2) is 7.87. The lowest BCUT2D eigenvalue weighted by molar-refractivity contribution is -0.383. The Kier molecular flexibility index (Phi) is 5.58. The first-order valence-electron chi connectivity index (χ1n) is 7.05. The number of carbonyl (C=O) groups is 1. The zero-order chi connectivity index (χ0) is 15.8. The van der Waals surface area contributed by atoms with Gasteiger partial charge in [0.2, 0.25) is 0 Å². The van der Waals surface area contributed by atoms with Crippen molar-refractivity contribution in [3.63, 3.8) is 0 Å². The van der Waals surface area contributed by atoms with Crippen molar-refractivity contribution in [3.05, 3.63) is 40.7 Å². The number of carbonyl (C=O) groups excluding carboxylic acids is 1. The van der Waals surface area contributed by atoms with Crippen molar-refractivity contribution in [1.29, 1.82) is 0 Å². The molecule has 1 aromatic heterocycles. The normalized spacial score (nSPS) is 10.4. The van der Waals surface area contributed by atoms with Crippen LogP contribution in [0.2, 0.25) is 0 Å². The van der Waals surface area contributed by atoms with Crippen LogP contribution in [0.4, 0.5) is 11.4 Å². The molecule has 2 aromatic rings. The van der Waals surface area contributed by atoms with Crippen LogP contribution < -0.4 is 5.32 Å². The highest BCUT2D eigenvalue weighted by atomic mass is 16.6. The number of nitrogens with one attached hydrogen (secondary N) is 1. The third-order valence-corrected chi connectivity index (χ3v) is 3.14. The number of rotatable bonds is 9. The highest BCUT2D eigenvalue weighted by Crippen LogP contribution is 2.26. The SMILES string of the molecule is O=CCCCCCNc1ccc(-n2nccn2)cc1[N+](=O)[O-]. The maximum absolute atomic E-state index is 11.2. The number of unbranched alkanes of at least 4 members (excludes halogenated alkanes) is 3. The Hall–Kier alpha value is -2.77. The van der Waals surface area contributed by atoms with Crippen LogP contribution in [-0.4, -0.2) is 32.7 Å². The summed E-state index contributed by atoms with van der Waals surface area (Å²) in [6.45, 7) is 0.624. The minimum absolute atomic E-state index is 0.0114. The molecule has 8 heteroatoms. The van der Waals surface area contributed by atoms with Crippen molar-refractivity contribution in [2.24, 2.45) is 0 Å². The number of nitro benzene ring substituents is 1. The number of aldehydes is 1. The Morgan fingerprint density at radius 2 is 2.00 bits per heavy atom. The molecule has 0 amide bonds. The second-order valence-electron chi connectivity index (χ2n) is 4.72. The molecule has 0 unspecified atom stereocenters. The molecule has 0 aliphatic carbocycles. The molecule has 0 radical (unpaired) electrons. The van der Waals surface area contributed by atoms with Gasteiger partial charge >= 0.3 is 0 Å². The topological polar surface area (TPSA) is 103 Å². The summed E-state index contributed by atoms with van der Waals surface area (Å²) in [4.78, 5) is 22.3. The molecule has 0 saturated carbocycles. The van der Waals surface area contributed by atoms with Crippen LogP contribution in [0.1, 0.15) is 25.7 Å². The molecule has 22 heavy (non-hydrogen) atoms. The van der Waals surface area contributed by atoms with Crippen LogP contribution in [0.5, 0.6) is 0 Å². The lowest BCUT2D eigenvalue weighted by Gasteiger charge is -2.08. The molecular formula is C14H17N5O3. The molecule has 8 nitrogen and oxygen atoms in total. The van der Waals surface area contributed by atoms with Gasteiger partial charge in [0.25, 0.3) is 5.69 Å². The Morgan fingerprint density at radius 1 is 1.23 bits per heavy atom. The standard InChI is InChI=1S/C14H17N5O3/c20-10-4-2-1-3-7-15-13-6-5-12(11-14(13)19(21)22)18-16-8-9-17-18/h5-6,8-11,15H,1-4,7H2. The first kappa shape index (κ1) is 15.6. The van der Waals surface area contributed by atoms with Gasteiger partial charge in [0.05, 0.1) is 23.0 Å². The van der Waals surface area contributed by atoms with Gasteiger partial charge in [-0.2, -0.15) is 15.0 Å². The molecule has 116 valence electrons. The van der Waals surface area contributed by atoms with Crippen molar-refractivity contribution >= 4 is 17.7 Å². The van der Waals surface area contributed by atoms with E-state index in [0.29, 0.717) is 24.3 Å². The zero-order valence-corrected chi connectivity index (χ0v) is 12.0. The Balaban J connectivity index is 2.01. The molecule has 2 rings (SSSR count). The molecule has 0 aliphatic heterocycles. The lowest BCUT2D eigenvalue weighted by atomic mass is 10.2. The van der Waals surface area contributed by atoms with E-state index in [4.69, 9.17) is 0 Å². The monoisotopic (exact) mass is 303 g/mol. The quantitative estimate of drug-likeness (QED) is 0.330. The summed E-state index contributed by atoms with van der Waals surface area (Å²) in [7, 11) is 0. The molecule has 0 bridgehead atoms. The average Bonchev–Trinajstić information content (AvgIpc) is 3.05. The number of hydrogen-bond donors (Lipinski definition) is 1. The van der Waals surface area contributed by atoms with E-state index in [2.05, 4.69) is 15.5 Å². The van der Waals surface area contributed by atoms with Gasteiger partial charge in [-0.1, -0.05) is 6.42 Å². The minimum atomic E-state index is -0.429. The number of hydrogen-bond acceptors (Lipinski definition) is 6. The summed E-state index contributed by atoms with van der Waals surface area (Å²) < 4.78 is 0. The van der Waals surface area contributed by atoms with Crippen LogP contribution in [-0.2, 0) is 4.79 Å². The number of aromatic nitrogens is 3. The second-order valence-corrected chi connectivity index (χ2v) is 4.72. The third kappa shape index (κ3) is 4.11. The smallest absolute Gasteiger partial charge is 0.294 e. The van der Waals surface area contributed by atoms with Crippen LogP contribution in [0.25, 0.3) is 5.69 Å². The molecule has 0 aliphatic rings. The number of benzene rings is 1. The summed E-state index contributed by atoms with van der Waals surface area (Å²) in [6.07, 6.45) is 7.10. The highest BCUT2D eigenvalue weighted by molar-refractivity contribution is 5.64. The first-order chi connectivity index (χ1) is 10.7. The Bertz CT molecular complexity index is 627. The van der Waals surface area contributed by atoms with Crippen molar-refractivity contribution in [2.45, 2.75) is 25.7 Å². The molecule has 0 atom stereocenters. The van der Waals surface area contributed by atoms with Crippen molar-refractivity contribution in [3.8, 4) is 5.69 Å². The molecule has 1 aromatic carbocycles. The summed E-state index contributed by atoms with van der Waals surface area (Å²) in [5.74, 6) is 0. The lowest BCUT2D eigenvalue weighted by Crippen LogP contribution is -2.06. The summed E-state index contributed by atoms with van der Waals surface area (Å²) in [5, 5.41) is 22.2. The Labute approximate surface area is 127 Å². The molecule has 0 saturated heterocycles. The fraction of sp³-hybridized carbons (Fsp3) is 0.357. The van der Waals surface area contributed by atoms with Gasteiger partial charge in [-0.15, -0.1) is 0 Å². The predicted molar refractivity (Wildman–Crippen MR) is 81.0 cm³/mol. The van der Waals surface area contributed by atoms with E-state index >= 15 is 0 Å². The van der Waals surface area contributed by atoms with Gasteiger partial charge in [-0.3, -0.25) is 10.1 Å². The van der Waals surface area contributed by atoms with E-state index in [1.807, 2.05) is 0 Å². The number of nitro groups is 1. The molecular weight excluding hydrogens is 286 g/mol. The van der Waals surface area contributed by atoms with Crippen molar-refractivity contribution in [1.82, 2.24) is 15.0 Å². The summed E-state index contributed by atoms with van der Waals surface area (Å²) >= 11 is 0. The zero-order valence-electron chi connectivity index (χ0n) is 12.0.